The number of nitrogens with two attached hydrogens (primary N) is 1. The number of hydrogen-bond acceptors (Lipinski definition) is 9. The summed E-state index contributed by atoms with van der Waals surface area (Å²) < 4.78 is 22.8. The molecule has 0 saturated carbocycles. The number of aromatic nitrogens is 4. The minimum absolute atomic E-state index is 0.137. The van der Waals surface area contributed by atoms with Gasteiger partial charge in [0.05, 0.1) is 6.33 Å². The minimum Gasteiger partial charge on any atom is -0.387 e. The molecule has 4 rings (SSSR count). The first kappa shape index (κ1) is 16.5. The predicted octanol–water partition coefficient (Wildman–Crippen LogP) is -1.55. The number of fused-ring (bicyclic) bond motifs is 1. The molecule has 1 saturated heterocycles. The summed E-state index contributed by atoms with van der Waals surface area (Å²) in [7, 11) is -4.84. The van der Waals surface area contributed by atoms with Gasteiger partial charge in [0.15, 0.2) is 17.7 Å². The van der Waals surface area contributed by atoms with Gasteiger partial charge in [-0.3, -0.25) is 9.09 Å². The van der Waals surface area contributed by atoms with Crippen molar-refractivity contribution in [2.75, 3.05) is 5.73 Å². The van der Waals surface area contributed by atoms with Crippen molar-refractivity contribution in [1.29, 1.82) is 0 Å². The summed E-state index contributed by atoms with van der Waals surface area (Å²) in [6.07, 6.45) is -0.0265. The SMILES string of the molecule is Nc1ncnc2c1ncn2[C@@H]1O[C@H](C2(OP(=O)(O)O)C=C2)[C@@H](O)[C@H]1O. The van der Waals surface area contributed by atoms with Crippen LogP contribution < -0.4 is 5.73 Å². The lowest BCUT2D eigenvalue weighted by atomic mass is 10.0. The number of aliphatic hydroxyl groups is 2. The number of phosphoric ester groups is 1. The smallest absolute Gasteiger partial charge is 0.387 e. The molecule has 1 fully saturated rings. The summed E-state index contributed by atoms with van der Waals surface area (Å²) in [5, 5.41) is 20.6. The van der Waals surface area contributed by atoms with E-state index in [1.807, 2.05) is 0 Å². The van der Waals surface area contributed by atoms with E-state index in [-0.39, 0.29) is 11.5 Å². The number of ether oxygens (including phenoxy) is 1. The lowest BCUT2D eigenvalue weighted by Gasteiger charge is -2.26. The molecule has 0 amide bonds. The Morgan fingerprint density at radius 1 is 1.24 bits per heavy atom. The van der Waals surface area contributed by atoms with E-state index >= 15 is 0 Å². The summed E-state index contributed by atoms with van der Waals surface area (Å²) in [6, 6.07) is 0. The Morgan fingerprint density at radius 2 is 1.96 bits per heavy atom. The maximum absolute atomic E-state index is 11.1. The van der Waals surface area contributed by atoms with Crippen molar-refractivity contribution in [2.45, 2.75) is 30.1 Å². The van der Waals surface area contributed by atoms with Crippen molar-refractivity contribution in [1.82, 2.24) is 19.5 Å². The van der Waals surface area contributed by atoms with Crippen molar-refractivity contribution in [2.24, 2.45) is 0 Å². The molecule has 1 aliphatic heterocycles. The summed E-state index contributed by atoms with van der Waals surface area (Å²) in [6.45, 7) is 0. The Bertz CT molecular complexity index is 904. The molecule has 0 unspecified atom stereocenters. The number of aliphatic hydroxyl groups excluding tert-OH is 2. The van der Waals surface area contributed by atoms with Crippen molar-refractivity contribution >= 4 is 24.8 Å². The molecule has 3 heterocycles. The maximum atomic E-state index is 11.1. The normalized spacial score (nSPS) is 30.9. The average Bonchev–Trinajstić information content (AvgIpc) is 3.03. The number of imidazole rings is 1. The molecule has 6 N–H and O–H groups in total. The Labute approximate surface area is 139 Å². The number of hydrogen-bond donors (Lipinski definition) is 5. The maximum Gasteiger partial charge on any atom is 0.470 e. The highest BCUT2D eigenvalue weighted by molar-refractivity contribution is 7.46. The zero-order chi connectivity index (χ0) is 18.0. The van der Waals surface area contributed by atoms with Gasteiger partial charge in [0.25, 0.3) is 0 Å². The third kappa shape index (κ3) is 2.64. The summed E-state index contributed by atoms with van der Waals surface area (Å²) in [5.74, 6) is 0.137. The zero-order valence-corrected chi connectivity index (χ0v) is 13.3. The van der Waals surface area contributed by atoms with Crippen LogP contribution in [-0.2, 0) is 13.8 Å². The molecule has 2 aliphatic rings. The molecule has 2 aromatic heterocycles. The van der Waals surface area contributed by atoms with E-state index in [1.54, 1.807) is 0 Å². The van der Waals surface area contributed by atoms with Crippen LogP contribution >= 0.6 is 7.82 Å². The van der Waals surface area contributed by atoms with Gasteiger partial charge in [-0.15, -0.1) is 0 Å². The van der Waals surface area contributed by atoms with Crippen LogP contribution in [0.15, 0.2) is 24.8 Å². The van der Waals surface area contributed by atoms with Gasteiger partial charge in [0.1, 0.15) is 35.8 Å². The first-order valence-electron chi connectivity index (χ1n) is 7.13. The Hall–Kier alpha value is -1.92. The van der Waals surface area contributed by atoms with E-state index in [2.05, 4.69) is 15.0 Å². The van der Waals surface area contributed by atoms with Gasteiger partial charge in [0, 0.05) is 0 Å². The van der Waals surface area contributed by atoms with Gasteiger partial charge in [0.2, 0.25) is 0 Å². The van der Waals surface area contributed by atoms with E-state index in [1.165, 1.54) is 29.4 Å². The number of anilines is 1. The number of rotatable bonds is 4. The van der Waals surface area contributed by atoms with Gasteiger partial charge in [-0.05, 0) is 12.2 Å². The van der Waals surface area contributed by atoms with E-state index in [0.717, 1.165) is 0 Å². The first-order valence-corrected chi connectivity index (χ1v) is 8.66. The van der Waals surface area contributed by atoms with Gasteiger partial charge < -0.3 is 30.5 Å². The zero-order valence-electron chi connectivity index (χ0n) is 12.4. The molecule has 0 aromatic carbocycles. The highest BCUT2D eigenvalue weighted by Gasteiger charge is 2.59. The fraction of sp³-hybridized carbons (Fsp3) is 0.417. The van der Waals surface area contributed by atoms with Crippen molar-refractivity contribution in [3.8, 4) is 0 Å². The predicted molar refractivity (Wildman–Crippen MR) is 80.7 cm³/mol. The largest absolute Gasteiger partial charge is 0.470 e. The highest BCUT2D eigenvalue weighted by atomic mass is 31.2. The second kappa shape index (κ2) is 5.29. The van der Waals surface area contributed by atoms with Crippen LogP contribution in [0.1, 0.15) is 6.23 Å². The minimum atomic E-state index is -4.84. The number of nitrogens with zero attached hydrogens (tertiary/aromatic N) is 4. The van der Waals surface area contributed by atoms with Crippen LogP contribution in [0.3, 0.4) is 0 Å². The molecule has 12 nitrogen and oxygen atoms in total. The van der Waals surface area contributed by atoms with E-state index in [0.29, 0.717) is 5.52 Å². The molecule has 2 aromatic rings. The molecular weight excluding hydrogens is 357 g/mol. The van der Waals surface area contributed by atoms with Crippen LogP contribution in [-0.4, -0.2) is 63.4 Å². The van der Waals surface area contributed by atoms with Crippen molar-refractivity contribution < 1.29 is 33.8 Å². The fourth-order valence-corrected chi connectivity index (χ4v) is 3.55. The second-order valence-electron chi connectivity index (χ2n) is 5.78. The van der Waals surface area contributed by atoms with Crippen LogP contribution in [0.25, 0.3) is 11.2 Å². The van der Waals surface area contributed by atoms with Crippen LogP contribution in [0.5, 0.6) is 0 Å². The molecule has 4 atom stereocenters. The van der Waals surface area contributed by atoms with Gasteiger partial charge in [-0.2, -0.15) is 0 Å². The molecule has 134 valence electrons. The summed E-state index contributed by atoms with van der Waals surface area (Å²) in [4.78, 5) is 30.0. The third-order valence-electron chi connectivity index (χ3n) is 4.12. The Morgan fingerprint density at radius 3 is 2.60 bits per heavy atom. The fourth-order valence-electron chi connectivity index (χ4n) is 2.91. The molecule has 0 bridgehead atoms. The first-order chi connectivity index (χ1) is 11.7. The van der Waals surface area contributed by atoms with Crippen LogP contribution in [0, 0.1) is 0 Å². The van der Waals surface area contributed by atoms with E-state index in [9.17, 15) is 14.8 Å². The van der Waals surface area contributed by atoms with Crippen LogP contribution in [0.2, 0.25) is 0 Å². The summed E-state index contributed by atoms with van der Waals surface area (Å²) >= 11 is 0. The summed E-state index contributed by atoms with van der Waals surface area (Å²) in [5.41, 5.74) is 4.69. The monoisotopic (exact) mass is 371 g/mol. The average molecular weight is 371 g/mol. The second-order valence-corrected chi connectivity index (χ2v) is 6.94. The number of phosphoric acid groups is 1. The van der Waals surface area contributed by atoms with E-state index < -0.39 is 38.0 Å². The van der Waals surface area contributed by atoms with Gasteiger partial charge in [-0.1, -0.05) is 0 Å². The van der Waals surface area contributed by atoms with E-state index in [4.69, 9.17) is 24.8 Å². The molecular formula is C12H14N5O7P. The van der Waals surface area contributed by atoms with Crippen molar-refractivity contribution in [3.05, 3.63) is 24.8 Å². The van der Waals surface area contributed by atoms with Gasteiger partial charge in [-0.25, -0.2) is 19.5 Å². The lowest BCUT2D eigenvalue weighted by Crippen LogP contribution is -2.42. The molecule has 13 heteroatoms. The third-order valence-corrected chi connectivity index (χ3v) is 4.67. The highest BCUT2D eigenvalue weighted by Crippen LogP contribution is 2.52. The Kier molecular flexibility index (Phi) is 3.50. The topological polar surface area (TPSA) is 186 Å². The lowest BCUT2D eigenvalue weighted by molar-refractivity contribution is -0.0825. The number of nitrogen functional groups attached to an aromatic ring is 1. The molecule has 1 aliphatic carbocycles. The quantitative estimate of drug-likeness (QED) is 0.309. The molecule has 0 spiro atoms. The standard InChI is InChI=1S/C12H14N5O7P/c13-9-5-10(15-3-14-9)17(4-16-5)11-7(19)6(18)8(23-11)12(1-2-12)24-25(20,21)22/h1-4,6-8,11,18-19H,(H2,13,14,15)(H2,20,21,22)/t6-,7+,8-,11+/m0/s1. The Balaban J connectivity index is 1.66. The van der Waals surface area contributed by atoms with Crippen molar-refractivity contribution in [3.63, 3.8) is 0 Å². The van der Waals surface area contributed by atoms with Crippen LogP contribution in [0.4, 0.5) is 5.82 Å². The molecule has 25 heavy (non-hydrogen) atoms. The molecule has 0 radical (unpaired) electrons. The van der Waals surface area contributed by atoms with Gasteiger partial charge >= 0.3 is 7.82 Å².